The third-order valence-electron chi connectivity index (χ3n) is 13.4. The zero-order chi connectivity index (χ0) is 41.2. The fourth-order valence-electron chi connectivity index (χ4n) is 10.7. The summed E-state index contributed by atoms with van der Waals surface area (Å²) < 4.78 is 0. The smallest absolute Gasteiger partial charge is 0.0714 e. The van der Waals surface area contributed by atoms with E-state index in [1.54, 1.807) is 0 Å². The second-order valence-electron chi connectivity index (χ2n) is 17.6. The Morgan fingerprint density at radius 3 is 0.967 bits per heavy atom. The molecule has 0 spiro atoms. The molecule has 61 heavy (non-hydrogen) atoms. The van der Waals surface area contributed by atoms with Gasteiger partial charge in [-0.3, -0.25) is 0 Å². The molecule has 9 aromatic rings. The van der Waals surface area contributed by atoms with Gasteiger partial charge in [-0.1, -0.05) is 215 Å². The van der Waals surface area contributed by atoms with Crippen LogP contribution in [0, 0.1) is 0 Å². The Morgan fingerprint density at radius 2 is 0.607 bits per heavy atom. The summed E-state index contributed by atoms with van der Waals surface area (Å²) in [6, 6.07) is 86.1. The first-order chi connectivity index (χ1) is 29.9. The Kier molecular flexibility index (Phi) is 8.58. The van der Waals surface area contributed by atoms with Gasteiger partial charge >= 0.3 is 0 Å². The summed E-state index contributed by atoms with van der Waals surface area (Å²) in [6.07, 6.45) is 0. The molecule has 0 radical (unpaired) electrons. The van der Waals surface area contributed by atoms with Crippen LogP contribution in [0.1, 0.15) is 70.8 Å². The van der Waals surface area contributed by atoms with Crippen LogP contribution in [0.4, 0.5) is 17.1 Å². The van der Waals surface area contributed by atoms with Crippen molar-refractivity contribution in [2.24, 2.45) is 0 Å². The number of hydrogen-bond donors (Lipinski definition) is 0. The summed E-state index contributed by atoms with van der Waals surface area (Å²) in [7, 11) is 0. The summed E-state index contributed by atoms with van der Waals surface area (Å²) in [5.41, 5.74) is 19.0. The van der Waals surface area contributed by atoms with Gasteiger partial charge < -0.3 is 4.90 Å². The fraction of sp³-hybridized carbons (Fsp3) is 0.100. The minimum Gasteiger partial charge on any atom is -0.310 e. The lowest BCUT2D eigenvalue weighted by Gasteiger charge is -2.36. The number of hydrogen-bond acceptors (Lipinski definition) is 1. The molecular weight excluding hydrogens is 735 g/mol. The van der Waals surface area contributed by atoms with Crippen LogP contribution in [-0.4, -0.2) is 0 Å². The number of nitrogens with zero attached hydrogens (tertiary/aromatic N) is 1. The van der Waals surface area contributed by atoms with E-state index in [1.165, 1.54) is 72.3 Å². The highest BCUT2D eigenvalue weighted by Gasteiger charge is 2.48. The third kappa shape index (κ3) is 5.54. The first-order valence-corrected chi connectivity index (χ1v) is 21.5. The van der Waals surface area contributed by atoms with Gasteiger partial charge in [0, 0.05) is 17.1 Å². The van der Waals surface area contributed by atoms with Crippen LogP contribution in [0.3, 0.4) is 0 Å². The minimum atomic E-state index is -0.512. The average molecular weight is 782 g/mol. The van der Waals surface area contributed by atoms with Gasteiger partial charge in [0.1, 0.15) is 0 Å². The zero-order valence-electron chi connectivity index (χ0n) is 34.9. The van der Waals surface area contributed by atoms with Crippen LogP contribution >= 0.6 is 0 Å². The number of anilines is 3. The topological polar surface area (TPSA) is 3.24 Å². The molecule has 1 nitrogen and oxygen atoms in total. The van der Waals surface area contributed by atoms with Crippen molar-refractivity contribution >= 4 is 17.1 Å². The average Bonchev–Trinajstić information content (AvgIpc) is 3.78. The molecule has 0 aromatic heterocycles. The molecule has 0 N–H and O–H groups in total. The normalized spacial score (nSPS) is 14.1. The Balaban J connectivity index is 1.19. The number of rotatable bonds is 7. The van der Waals surface area contributed by atoms with Gasteiger partial charge in [0.15, 0.2) is 0 Å². The van der Waals surface area contributed by atoms with Crippen molar-refractivity contribution in [2.75, 3.05) is 4.90 Å². The lowest BCUT2D eigenvalue weighted by molar-refractivity contribution is 0.590. The molecule has 11 rings (SSSR count). The molecule has 9 aromatic carbocycles. The van der Waals surface area contributed by atoms with Gasteiger partial charge in [-0.2, -0.15) is 0 Å². The second-order valence-corrected chi connectivity index (χ2v) is 17.6. The van der Waals surface area contributed by atoms with Crippen molar-refractivity contribution in [1.82, 2.24) is 0 Å². The first kappa shape index (κ1) is 36.8. The molecule has 2 aliphatic rings. The summed E-state index contributed by atoms with van der Waals surface area (Å²) in [4.78, 5) is 2.49. The highest BCUT2D eigenvalue weighted by atomic mass is 15.1. The zero-order valence-corrected chi connectivity index (χ0v) is 34.9. The quantitative estimate of drug-likeness (QED) is 0.156. The van der Waals surface area contributed by atoms with Crippen molar-refractivity contribution in [3.8, 4) is 22.3 Å². The van der Waals surface area contributed by atoms with E-state index in [4.69, 9.17) is 0 Å². The van der Waals surface area contributed by atoms with E-state index in [9.17, 15) is 0 Å². The molecule has 0 amide bonds. The van der Waals surface area contributed by atoms with Crippen molar-refractivity contribution in [1.29, 1.82) is 0 Å². The summed E-state index contributed by atoms with van der Waals surface area (Å²) in [5, 5.41) is 0. The molecule has 0 heterocycles. The van der Waals surface area contributed by atoms with Gasteiger partial charge in [0.05, 0.1) is 10.8 Å². The molecule has 0 saturated heterocycles. The first-order valence-electron chi connectivity index (χ1n) is 21.5. The van der Waals surface area contributed by atoms with E-state index in [2.05, 4.69) is 256 Å². The maximum atomic E-state index is 2.49. The van der Waals surface area contributed by atoms with Crippen molar-refractivity contribution in [3.63, 3.8) is 0 Å². The Morgan fingerprint density at radius 1 is 0.295 bits per heavy atom. The molecule has 0 bridgehead atoms. The standard InChI is InChI=1S/C60H47N/c1-58(2,3)42-32-34-47(35-33-42)61(48-36-38-52-50-28-16-18-30-54(50)59(56(52)40-48,43-20-8-4-9-21-43)44-22-10-5-11-23-44)49-37-39-53-51-29-17-19-31-55(51)60(57(53)41-49,45-24-12-6-13-25-45)46-26-14-7-15-27-46/h4-41H,1-3H3. The predicted molar refractivity (Wildman–Crippen MR) is 254 cm³/mol. The molecule has 0 fully saturated rings. The second kappa shape index (κ2) is 14.2. The minimum absolute atomic E-state index is 0.0258. The molecular formula is C60H47N. The molecule has 292 valence electrons. The Bertz CT molecular complexity index is 2770. The van der Waals surface area contributed by atoms with Crippen LogP contribution in [0.2, 0.25) is 0 Å². The van der Waals surface area contributed by atoms with Crippen LogP contribution < -0.4 is 4.90 Å². The Labute approximate surface area is 360 Å². The van der Waals surface area contributed by atoms with Crippen LogP contribution in [-0.2, 0) is 16.2 Å². The van der Waals surface area contributed by atoms with Crippen LogP contribution in [0.25, 0.3) is 22.3 Å². The maximum absolute atomic E-state index is 2.49. The number of fused-ring (bicyclic) bond motifs is 6. The highest BCUT2D eigenvalue weighted by Crippen LogP contribution is 2.59. The summed E-state index contributed by atoms with van der Waals surface area (Å²) in [6.45, 7) is 6.86. The Hall–Kier alpha value is -7.22. The molecule has 1 heteroatoms. The molecule has 0 saturated carbocycles. The number of benzene rings is 9. The predicted octanol–water partition coefficient (Wildman–Crippen LogP) is 15.2. The lowest BCUT2D eigenvalue weighted by atomic mass is 9.67. The van der Waals surface area contributed by atoms with E-state index in [0.717, 1.165) is 17.1 Å². The van der Waals surface area contributed by atoms with Gasteiger partial charge in [0.2, 0.25) is 0 Å². The van der Waals surface area contributed by atoms with Crippen molar-refractivity contribution in [2.45, 2.75) is 37.0 Å². The van der Waals surface area contributed by atoms with E-state index in [0.29, 0.717) is 0 Å². The van der Waals surface area contributed by atoms with Gasteiger partial charge in [0.25, 0.3) is 0 Å². The van der Waals surface area contributed by atoms with E-state index in [1.807, 2.05) is 0 Å². The van der Waals surface area contributed by atoms with Gasteiger partial charge in [-0.05, 0) is 114 Å². The van der Waals surface area contributed by atoms with E-state index >= 15 is 0 Å². The SMILES string of the molecule is CC(C)(C)c1ccc(N(c2ccc3c(c2)C(c2ccccc2)(c2ccccc2)c2ccccc2-3)c2ccc3c(c2)C(c2ccccc2)(c2ccccc2)c2ccccc2-3)cc1. The lowest BCUT2D eigenvalue weighted by Crippen LogP contribution is -2.29. The van der Waals surface area contributed by atoms with Gasteiger partial charge in [-0.25, -0.2) is 0 Å². The highest BCUT2D eigenvalue weighted by molar-refractivity contribution is 5.92. The molecule has 0 atom stereocenters. The summed E-state index contributed by atoms with van der Waals surface area (Å²) >= 11 is 0. The molecule has 2 aliphatic carbocycles. The third-order valence-corrected chi connectivity index (χ3v) is 13.4. The van der Waals surface area contributed by atoms with E-state index in [-0.39, 0.29) is 5.41 Å². The summed E-state index contributed by atoms with van der Waals surface area (Å²) in [5.74, 6) is 0. The molecule has 0 unspecified atom stereocenters. The van der Waals surface area contributed by atoms with Crippen molar-refractivity contribution < 1.29 is 0 Å². The monoisotopic (exact) mass is 781 g/mol. The molecule has 0 aliphatic heterocycles. The van der Waals surface area contributed by atoms with Crippen molar-refractivity contribution in [3.05, 3.63) is 281 Å². The van der Waals surface area contributed by atoms with Crippen LogP contribution in [0.5, 0.6) is 0 Å². The van der Waals surface area contributed by atoms with E-state index < -0.39 is 10.8 Å². The van der Waals surface area contributed by atoms with Crippen LogP contribution in [0.15, 0.2) is 231 Å². The fourth-order valence-corrected chi connectivity index (χ4v) is 10.7. The van der Waals surface area contributed by atoms with Gasteiger partial charge in [-0.15, -0.1) is 0 Å². The largest absolute Gasteiger partial charge is 0.310 e. The maximum Gasteiger partial charge on any atom is 0.0714 e.